The molecule has 0 aliphatic carbocycles. The van der Waals surface area contributed by atoms with Crippen molar-refractivity contribution in [3.63, 3.8) is 0 Å². The largest absolute Gasteiger partial charge is 0.268 e. The molecule has 132 valence electrons. The Morgan fingerprint density at radius 1 is 1.12 bits per heavy atom. The van der Waals surface area contributed by atoms with Gasteiger partial charge < -0.3 is 0 Å². The van der Waals surface area contributed by atoms with E-state index in [4.69, 9.17) is 0 Å². The predicted molar refractivity (Wildman–Crippen MR) is 100 cm³/mol. The number of aryl methyl sites for hydroxylation is 2. The third-order valence-electron chi connectivity index (χ3n) is 3.68. The van der Waals surface area contributed by atoms with E-state index in [1.807, 2.05) is 20.8 Å². The first-order valence-corrected chi connectivity index (χ1v) is 8.89. The van der Waals surface area contributed by atoms with Gasteiger partial charge in [-0.3, -0.25) is 9.36 Å². The molecule has 3 aromatic rings. The summed E-state index contributed by atoms with van der Waals surface area (Å²) in [6, 6.07) is 7.16. The van der Waals surface area contributed by atoms with Crippen molar-refractivity contribution in [2.24, 2.45) is 0 Å². The van der Waals surface area contributed by atoms with Gasteiger partial charge in [0.25, 0.3) is 5.56 Å². The van der Waals surface area contributed by atoms with Crippen LogP contribution in [0.5, 0.6) is 0 Å². The second kappa shape index (κ2) is 7.87. The Balaban J connectivity index is 0.00000109. The van der Waals surface area contributed by atoms with Crippen LogP contribution in [0.4, 0.5) is 8.78 Å². The van der Waals surface area contributed by atoms with Crippen LogP contribution in [0.15, 0.2) is 39.6 Å². The van der Waals surface area contributed by atoms with Crippen LogP contribution >= 0.6 is 15.9 Å². The molecule has 0 saturated heterocycles. The highest BCUT2D eigenvalue weighted by Crippen LogP contribution is 2.21. The number of rotatable bonds is 2. The summed E-state index contributed by atoms with van der Waals surface area (Å²) in [7, 11) is 0. The average molecular weight is 409 g/mol. The van der Waals surface area contributed by atoms with E-state index < -0.39 is 17.2 Å². The van der Waals surface area contributed by atoms with E-state index in [9.17, 15) is 13.6 Å². The highest BCUT2D eigenvalue weighted by molar-refractivity contribution is 9.10. The molecular weight excluding hydrogens is 390 g/mol. The molecule has 1 heterocycles. The van der Waals surface area contributed by atoms with Crippen molar-refractivity contribution < 1.29 is 8.78 Å². The van der Waals surface area contributed by atoms with Crippen LogP contribution < -0.4 is 5.56 Å². The van der Waals surface area contributed by atoms with Crippen molar-refractivity contribution >= 4 is 26.8 Å². The Morgan fingerprint density at radius 2 is 1.80 bits per heavy atom. The van der Waals surface area contributed by atoms with Crippen molar-refractivity contribution in [3.05, 3.63) is 68.2 Å². The number of hydrogen-bond donors (Lipinski definition) is 0. The maximum absolute atomic E-state index is 14.3. The fraction of sp³-hybridized carbons (Fsp3) is 0.263. The third kappa shape index (κ3) is 3.63. The SMILES string of the molecule is CC.CCc1nc2cc(F)c(C)cc2c(=O)n1-c1ccc(Br)cc1F. The third-order valence-corrected chi connectivity index (χ3v) is 4.18. The maximum Gasteiger partial charge on any atom is 0.266 e. The Kier molecular flexibility index (Phi) is 6.06. The van der Waals surface area contributed by atoms with Gasteiger partial charge in [-0.15, -0.1) is 0 Å². The van der Waals surface area contributed by atoms with E-state index in [1.54, 1.807) is 13.0 Å². The van der Waals surface area contributed by atoms with Crippen LogP contribution in [0.25, 0.3) is 16.6 Å². The lowest BCUT2D eigenvalue weighted by molar-refractivity contribution is 0.609. The predicted octanol–water partition coefficient (Wildman–Crippen LogP) is 5.32. The summed E-state index contributed by atoms with van der Waals surface area (Å²) < 4.78 is 29.9. The van der Waals surface area contributed by atoms with E-state index in [1.165, 1.54) is 28.8 Å². The van der Waals surface area contributed by atoms with E-state index >= 15 is 0 Å². The molecule has 0 N–H and O–H groups in total. The molecule has 0 saturated carbocycles. The number of halogens is 3. The van der Waals surface area contributed by atoms with Crippen molar-refractivity contribution in [1.29, 1.82) is 0 Å². The van der Waals surface area contributed by atoms with E-state index in [0.717, 1.165) is 0 Å². The van der Waals surface area contributed by atoms with Gasteiger partial charge in [-0.25, -0.2) is 13.8 Å². The molecule has 0 spiro atoms. The quantitative estimate of drug-likeness (QED) is 0.574. The van der Waals surface area contributed by atoms with Gasteiger partial charge >= 0.3 is 0 Å². The molecule has 0 atom stereocenters. The molecule has 0 aliphatic rings. The van der Waals surface area contributed by atoms with E-state index in [2.05, 4.69) is 20.9 Å². The summed E-state index contributed by atoms with van der Waals surface area (Å²) in [5.74, 6) is -0.567. The van der Waals surface area contributed by atoms with E-state index in [-0.39, 0.29) is 16.6 Å². The molecule has 0 fully saturated rings. The Labute approximate surface area is 153 Å². The lowest BCUT2D eigenvalue weighted by atomic mass is 10.1. The highest BCUT2D eigenvalue weighted by atomic mass is 79.9. The first-order chi connectivity index (χ1) is 11.9. The molecule has 0 aliphatic heterocycles. The van der Waals surface area contributed by atoms with Gasteiger partial charge in [-0.2, -0.15) is 0 Å². The second-order valence-corrected chi connectivity index (χ2v) is 6.15. The molecule has 0 bridgehead atoms. The summed E-state index contributed by atoms with van der Waals surface area (Å²) >= 11 is 3.20. The van der Waals surface area contributed by atoms with Gasteiger partial charge in [0.05, 0.1) is 16.6 Å². The van der Waals surface area contributed by atoms with Crippen LogP contribution in [0.1, 0.15) is 32.2 Å². The first-order valence-electron chi connectivity index (χ1n) is 8.09. The summed E-state index contributed by atoms with van der Waals surface area (Å²) in [4.78, 5) is 17.2. The molecule has 2 aromatic carbocycles. The first kappa shape index (κ1) is 19.2. The summed E-state index contributed by atoms with van der Waals surface area (Å²) in [6.45, 7) is 7.39. The minimum absolute atomic E-state index is 0.131. The molecule has 6 heteroatoms. The molecule has 1 aromatic heterocycles. The Bertz CT molecular complexity index is 983. The monoisotopic (exact) mass is 408 g/mol. The number of aromatic nitrogens is 2. The summed E-state index contributed by atoms with van der Waals surface area (Å²) in [5.41, 5.74) is 0.356. The minimum atomic E-state index is -0.531. The molecule has 0 unspecified atom stereocenters. The normalized spacial score (nSPS) is 10.5. The number of benzene rings is 2. The van der Waals surface area contributed by atoms with Crippen LogP contribution in [0.2, 0.25) is 0 Å². The molecule has 3 rings (SSSR count). The van der Waals surface area contributed by atoms with Gasteiger partial charge in [0.1, 0.15) is 17.5 Å². The van der Waals surface area contributed by atoms with Crippen molar-refractivity contribution in [1.82, 2.24) is 9.55 Å². The zero-order valence-electron chi connectivity index (χ0n) is 14.5. The number of fused-ring (bicyclic) bond motifs is 1. The topological polar surface area (TPSA) is 34.9 Å². The van der Waals surface area contributed by atoms with Crippen LogP contribution in [0, 0.1) is 18.6 Å². The molecule has 25 heavy (non-hydrogen) atoms. The smallest absolute Gasteiger partial charge is 0.266 e. The summed E-state index contributed by atoms with van der Waals surface area (Å²) in [6.07, 6.45) is 0.413. The van der Waals surface area contributed by atoms with Crippen LogP contribution in [-0.4, -0.2) is 9.55 Å². The highest BCUT2D eigenvalue weighted by Gasteiger charge is 2.16. The van der Waals surface area contributed by atoms with Crippen molar-refractivity contribution in [2.75, 3.05) is 0 Å². The lowest BCUT2D eigenvalue weighted by Crippen LogP contribution is -2.24. The fourth-order valence-electron chi connectivity index (χ4n) is 2.51. The molecule has 0 amide bonds. The van der Waals surface area contributed by atoms with Gasteiger partial charge in [-0.05, 0) is 36.8 Å². The molecular formula is C19H19BrF2N2O. The lowest BCUT2D eigenvalue weighted by Gasteiger charge is -2.14. The van der Waals surface area contributed by atoms with Gasteiger partial charge in [0.15, 0.2) is 0 Å². The van der Waals surface area contributed by atoms with Crippen molar-refractivity contribution in [2.45, 2.75) is 34.1 Å². The van der Waals surface area contributed by atoms with Crippen molar-refractivity contribution in [3.8, 4) is 5.69 Å². The van der Waals surface area contributed by atoms with Crippen LogP contribution in [-0.2, 0) is 6.42 Å². The fourth-order valence-corrected chi connectivity index (χ4v) is 2.84. The van der Waals surface area contributed by atoms with Gasteiger partial charge in [0.2, 0.25) is 0 Å². The van der Waals surface area contributed by atoms with E-state index in [0.29, 0.717) is 22.3 Å². The molecule has 3 nitrogen and oxygen atoms in total. The molecule has 0 radical (unpaired) electrons. The van der Waals surface area contributed by atoms with Gasteiger partial charge in [0, 0.05) is 17.0 Å². The van der Waals surface area contributed by atoms with Gasteiger partial charge in [-0.1, -0.05) is 36.7 Å². The Hall–Kier alpha value is -2.08. The number of hydrogen-bond acceptors (Lipinski definition) is 2. The second-order valence-electron chi connectivity index (χ2n) is 5.24. The standard InChI is InChI=1S/C17H13BrF2N2O.C2H6/c1-3-16-21-14-8-12(19)9(2)6-11(14)17(23)22(16)15-5-4-10(18)7-13(15)20;1-2/h4-8H,3H2,1-2H3;1-2H3. The minimum Gasteiger partial charge on any atom is -0.268 e. The zero-order valence-corrected chi connectivity index (χ0v) is 16.1. The Morgan fingerprint density at radius 3 is 2.40 bits per heavy atom. The zero-order chi connectivity index (χ0) is 18.7. The summed E-state index contributed by atoms with van der Waals surface area (Å²) in [5, 5.41) is 0.267. The van der Waals surface area contributed by atoms with Crippen LogP contribution in [0.3, 0.4) is 0 Å². The average Bonchev–Trinajstić information content (AvgIpc) is 2.59. The maximum atomic E-state index is 14.3. The number of nitrogens with zero attached hydrogens (tertiary/aromatic N) is 2.